The van der Waals surface area contributed by atoms with Gasteiger partial charge in [-0.3, -0.25) is 4.57 Å². The van der Waals surface area contributed by atoms with Crippen molar-refractivity contribution in [2.75, 3.05) is 0 Å². The predicted molar refractivity (Wildman–Crippen MR) is 134 cm³/mol. The Balaban J connectivity index is 0.000000419. The van der Waals surface area contributed by atoms with E-state index >= 15 is 0 Å². The highest BCUT2D eigenvalue weighted by Gasteiger charge is 2.73. The Morgan fingerprint density at radius 2 is 1.37 bits per heavy atom. The van der Waals surface area contributed by atoms with Crippen molar-refractivity contribution in [3.8, 4) is 0 Å². The lowest BCUT2D eigenvalue weighted by atomic mass is 9.58. The van der Waals surface area contributed by atoms with Crippen molar-refractivity contribution < 1.29 is 19.2 Å². The fraction of sp³-hybridized carbons (Fsp3) is 0.167. The fourth-order valence-corrected chi connectivity index (χ4v) is 7.10. The molecular weight excluding hydrogens is 455 g/mol. The molecule has 35 heavy (non-hydrogen) atoms. The van der Waals surface area contributed by atoms with Crippen LogP contribution >= 0.6 is 7.82 Å². The zero-order valence-electron chi connectivity index (χ0n) is 19.0. The van der Waals surface area contributed by atoms with Gasteiger partial charge in [-0.1, -0.05) is 78.9 Å². The van der Waals surface area contributed by atoms with Crippen LogP contribution in [0.15, 0.2) is 103 Å². The minimum absolute atomic E-state index is 0.0156. The Morgan fingerprint density at radius 3 is 2.11 bits per heavy atom. The summed E-state index contributed by atoms with van der Waals surface area (Å²) in [5.74, 6) is 0.425. The number of hydrogen-bond acceptors (Lipinski definition) is 2. The number of rotatable bonds is 2. The lowest BCUT2D eigenvalue weighted by molar-refractivity contribution is -0.214. The molecule has 0 amide bonds. The Kier molecular flexibility index (Phi) is 5.07. The monoisotopic (exact) mass is 480 g/mol. The van der Waals surface area contributed by atoms with E-state index in [1.165, 1.54) is 33.4 Å². The van der Waals surface area contributed by atoms with Crippen LogP contribution in [0, 0.1) is 6.42 Å². The second-order valence-electron chi connectivity index (χ2n) is 9.72. The number of benzene rings is 4. The average Bonchev–Trinajstić information content (AvgIpc) is 3.39. The van der Waals surface area contributed by atoms with Gasteiger partial charge in [-0.15, -0.1) is 0 Å². The second kappa shape index (κ2) is 7.94. The quantitative estimate of drug-likeness (QED) is 0.319. The van der Waals surface area contributed by atoms with Gasteiger partial charge in [-0.05, 0) is 58.9 Å². The molecule has 0 aromatic heterocycles. The Labute approximate surface area is 205 Å². The molecule has 3 aliphatic carbocycles. The second-order valence-corrected chi connectivity index (χ2v) is 10.7. The van der Waals surface area contributed by atoms with E-state index in [2.05, 4.69) is 110 Å². The van der Waals surface area contributed by atoms with Gasteiger partial charge < -0.3 is 14.7 Å². The SMILES string of the molecule is O=P([O-])(O)O.c1ccc(C[C@]23[CH+]c4ccccc4[C@]24Cc2ccccc2[C@@H]4c2ccccc23)cc1. The van der Waals surface area contributed by atoms with Gasteiger partial charge in [0.1, 0.15) is 5.56 Å². The van der Waals surface area contributed by atoms with Crippen molar-refractivity contribution in [1.29, 1.82) is 0 Å². The molecule has 7 rings (SSSR count). The summed E-state index contributed by atoms with van der Waals surface area (Å²) in [7, 11) is -4.89. The van der Waals surface area contributed by atoms with Crippen molar-refractivity contribution in [2.45, 2.75) is 29.6 Å². The number of hydrogen-bond donors (Lipinski definition) is 2. The van der Waals surface area contributed by atoms with E-state index in [0.717, 1.165) is 12.8 Å². The van der Waals surface area contributed by atoms with Crippen LogP contribution in [0.3, 0.4) is 0 Å². The maximum absolute atomic E-state index is 8.77. The van der Waals surface area contributed by atoms with Crippen LogP contribution in [0.2, 0.25) is 0 Å². The van der Waals surface area contributed by atoms with E-state index in [1.54, 1.807) is 5.56 Å². The molecule has 3 atom stereocenters. The Hall–Kier alpha value is -3.14. The summed E-state index contributed by atoms with van der Waals surface area (Å²) in [6.07, 6.45) is 4.78. The standard InChI is InChI=1S/C30H23.H3O4P/c1-2-10-21(11-3-1)18-29-19-23-13-5-8-16-26(23)30(29)20-22-12-4-6-14-24(22)28(30)25-15-7-9-17-27(25)29;1-5(2,3)4/h1-17,19,28H,18,20H2;(H3,1,2,3,4)/q+1;/p-1/t28-,29-,30+;/m1./s1. The molecule has 0 saturated heterocycles. The highest BCUT2D eigenvalue weighted by atomic mass is 31.2. The van der Waals surface area contributed by atoms with Gasteiger partial charge in [0, 0.05) is 18.4 Å². The summed E-state index contributed by atoms with van der Waals surface area (Å²) >= 11 is 0. The van der Waals surface area contributed by atoms with Gasteiger partial charge in [0.05, 0.1) is 16.4 Å². The third-order valence-electron chi connectivity index (χ3n) is 8.05. The minimum Gasteiger partial charge on any atom is -0.756 e. The highest BCUT2D eigenvalue weighted by molar-refractivity contribution is 7.43. The maximum atomic E-state index is 8.77. The topological polar surface area (TPSA) is 80.6 Å². The summed E-state index contributed by atoms with van der Waals surface area (Å²) in [4.78, 5) is 22.9. The van der Waals surface area contributed by atoms with Crippen molar-refractivity contribution in [2.24, 2.45) is 0 Å². The van der Waals surface area contributed by atoms with Gasteiger partial charge in [-0.25, -0.2) is 0 Å². The molecule has 4 aromatic carbocycles. The molecule has 0 heterocycles. The largest absolute Gasteiger partial charge is 0.756 e. The molecule has 0 radical (unpaired) electrons. The lowest BCUT2D eigenvalue weighted by Crippen LogP contribution is -2.45. The molecule has 0 aliphatic heterocycles. The van der Waals surface area contributed by atoms with Crippen LogP contribution in [0.25, 0.3) is 0 Å². The summed E-state index contributed by atoms with van der Waals surface area (Å²) in [5.41, 5.74) is 10.6. The molecule has 0 bridgehead atoms. The lowest BCUT2D eigenvalue weighted by Gasteiger charge is -2.38. The van der Waals surface area contributed by atoms with Crippen LogP contribution in [0.4, 0.5) is 0 Å². The van der Waals surface area contributed by atoms with E-state index in [4.69, 9.17) is 19.2 Å². The van der Waals surface area contributed by atoms with Crippen LogP contribution in [-0.4, -0.2) is 9.79 Å². The Bertz CT molecular complexity index is 1450. The number of fused-ring (bicyclic) bond motifs is 6. The molecule has 5 heteroatoms. The summed E-state index contributed by atoms with van der Waals surface area (Å²) in [5, 5.41) is 0. The Morgan fingerprint density at radius 1 is 0.800 bits per heavy atom. The minimum atomic E-state index is -4.89. The van der Waals surface area contributed by atoms with E-state index in [-0.39, 0.29) is 10.8 Å². The molecule has 174 valence electrons. The highest BCUT2D eigenvalue weighted by Crippen LogP contribution is 2.72. The average molecular weight is 481 g/mol. The first-order chi connectivity index (χ1) is 16.8. The predicted octanol–water partition coefficient (Wildman–Crippen LogP) is 4.81. The van der Waals surface area contributed by atoms with E-state index in [9.17, 15) is 0 Å². The molecule has 2 N–H and O–H groups in total. The molecule has 0 saturated carbocycles. The van der Waals surface area contributed by atoms with E-state index < -0.39 is 7.82 Å². The molecule has 0 unspecified atom stereocenters. The zero-order valence-corrected chi connectivity index (χ0v) is 19.9. The van der Waals surface area contributed by atoms with Crippen molar-refractivity contribution in [1.82, 2.24) is 0 Å². The van der Waals surface area contributed by atoms with Gasteiger partial charge in [-0.2, -0.15) is 0 Å². The molecule has 4 nitrogen and oxygen atoms in total. The van der Waals surface area contributed by atoms with Gasteiger partial charge >= 0.3 is 0 Å². The number of phosphoric acid groups is 1. The molecular formula is C30H25O4P. The maximum Gasteiger partial charge on any atom is 0.262 e. The van der Waals surface area contributed by atoms with E-state index in [0.29, 0.717) is 5.92 Å². The van der Waals surface area contributed by atoms with Crippen LogP contribution in [0.1, 0.15) is 44.9 Å². The normalized spacial score (nSPS) is 24.7. The van der Waals surface area contributed by atoms with Crippen molar-refractivity contribution >= 4 is 7.82 Å². The molecule has 0 fully saturated rings. The van der Waals surface area contributed by atoms with Crippen molar-refractivity contribution in [3.63, 3.8) is 0 Å². The molecule has 3 aliphatic rings. The van der Waals surface area contributed by atoms with E-state index in [1.807, 2.05) is 0 Å². The van der Waals surface area contributed by atoms with Crippen LogP contribution in [0.5, 0.6) is 0 Å². The smallest absolute Gasteiger partial charge is 0.262 e. The first-order valence-corrected chi connectivity index (χ1v) is 13.3. The molecule has 4 aromatic rings. The fourth-order valence-electron chi connectivity index (χ4n) is 7.10. The van der Waals surface area contributed by atoms with Gasteiger partial charge in [0.2, 0.25) is 0 Å². The summed E-state index contributed by atoms with van der Waals surface area (Å²) in [6.45, 7) is 0. The van der Waals surface area contributed by atoms with Crippen LogP contribution < -0.4 is 4.89 Å². The van der Waals surface area contributed by atoms with Crippen LogP contribution in [-0.2, 0) is 28.2 Å². The van der Waals surface area contributed by atoms with Gasteiger partial charge in [0.25, 0.3) is 7.82 Å². The third-order valence-corrected chi connectivity index (χ3v) is 8.05. The van der Waals surface area contributed by atoms with Gasteiger partial charge in [0.15, 0.2) is 0 Å². The zero-order chi connectivity index (χ0) is 24.3. The third kappa shape index (κ3) is 3.33. The first kappa shape index (κ1) is 22.3. The van der Waals surface area contributed by atoms with Crippen molar-refractivity contribution in [3.05, 3.63) is 148 Å². The summed E-state index contributed by atoms with van der Waals surface area (Å²) < 4.78 is 8.77. The summed E-state index contributed by atoms with van der Waals surface area (Å²) in [6, 6.07) is 38.7. The first-order valence-electron chi connectivity index (χ1n) is 11.8. The molecule has 1 spiro atoms.